The Morgan fingerprint density at radius 1 is 1.00 bits per heavy atom. The number of nitrogens with one attached hydrogen (secondary N) is 1. The predicted octanol–water partition coefficient (Wildman–Crippen LogP) is 3.25. The summed E-state index contributed by atoms with van der Waals surface area (Å²) in [7, 11) is 0. The molecule has 0 aliphatic rings. The minimum absolute atomic E-state index is 0.575. The van der Waals surface area contributed by atoms with Crippen LogP contribution in [0.25, 0.3) is 10.9 Å². The molecular weight excluding hydrogens is 248 g/mol. The Morgan fingerprint density at radius 3 is 2.65 bits per heavy atom. The second kappa shape index (κ2) is 5.80. The van der Waals surface area contributed by atoms with E-state index in [4.69, 9.17) is 10.5 Å². The molecule has 0 atom stereocenters. The number of fused-ring (bicyclic) bond motifs is 1. The lowest BCUT2D eigenvalue weighted by molar-refractivity contribution is 0.309. The van der Waals surface area contributed by atoms with Crippen molar-refractivity contribution >= 4 is 10.9 Å². The smallest absolute Gasteiger partial charge is 0.143 e. The Balaban J connectivity index is 1.85. The maximum Gasteiger partial charge on any atom is 0.143 e. The van der Waals surface area contributed by atoms with E-state index in [1.807, 2.05) is 30.5 Å². The first-order valence-electron chi connectivity index (χ1n) is 6.84. The molecule has 102 valence electrons. The van der Waals surface area contributed by atoms with Gasteiger partial charge in [0.1, 0.15) is 12.4 Å². The maximum absolute atomic E-state index is 5.93. The molecule has 20 heavy (non-hydrogen) atoms. The van der Waals surface area contributed by atoms with Gasteiger partial charge in [0.15, 0.2) is 0 Å². The van der Waals surface area contributed by atoms with Crippen LogP contribution in [0.5, 0.6) is 5.75 Å². The number of rotatable bonds is 5. The van der Waals surface area contributed by atoms with E-state index in [1.165, 1.54) is 16.5 Å². The van der Waals surface area contributed by atoms with E-state index < -0.39 is 0 Å². The number of benzene rings is 2. The van der Waals surface area contributed by atoms with Crippen LogP contribution in [0.4, 0.5) is 0 Å². The van der Waals surface area contributed by atoms with Crippen LogP contribution in [0.15, 0.2) is 54.7 Å². The first-order chi connectivity index (χ1) is 9.88. The van der Waals surface area contributed by atoms with Crippen LogP contribution in [-0.2, 0) is 13.0 Å². The fourth-order valence-electron chi connectivity index (χ4n) is 2.42. The van der Waals surface area contributed by atoms with Gasteiger partial charge in [0.2, 0.25) is 0 Å². The van der Waals surface area contributed by atoms with E-state index >= 15 is 0 Å². The van der Waals surface area contributed by atoms with Gasteiger partial charge in [-0.15, -0.1) is 0 Å². The van der Waals surface area contributed by atoms with E-state index in [1.54, 1.807) is 0 Å². The molecule has 0 spiro atoms. The van der Waals surface area contributed by atoms with Gasteiger partial charge in [0.25, 0.3) is 0 Å². The van der Waals surface area contributed by atoms with Crippen molar-refractivity contribution in [3.8, 4) is 5.75 Å². The number of aromatic nitrogens is 1. The SMILES string of the molecule is NCCc1ccc(OCc2ccccc2)c2[nH]ccc12. The number of hydrogen-bond acceptors (Lipinski definition) is 2. The van der Waals surface area contributed by atoms with Gasteiger partial charge in [-0.2, -0.15) is 0 Å². The monoisotopic (exact) mass is 266 g/mol. The second-order valence-electron chi connectivity index (χ2n) is 4.80. The summed E-state index contributed by atoms with van der Waals surface area (Å²) in [5.74, 6) is 0.884. The molecule has 0 saturated heterocycles. The molecule has 3 rings (SSSR count). The van der Waals surface area contributed by atoms with Crippen LogP contribution in [0.3, 0.4) is 0 Å². The zero-order valence-electron chi connectivity index (χ0n) is 11.3. The molecule has 3 heteroatoms. The lowest BCUT2D eigenvalue weighted by atomic mass is 10.1. The van der Waals surface area contributed by atoms with Crippen molar-refractivity contribution < 1.29 is 4.74 Å². The van der Waals surface area contributed by atoms with Gasteiger partial charge in [-0.3, -0.25) is 0 Å². The summed E-state index contributed by atoms with van der Waals surface area (Å²) >= 11 is 0. The fourth-order valence-corrected chi connectivity index (χ4v) is 2.42. The van der Waals surface area contributed by atoms with Crippen molar-refractivity contribution in [1.82, 2.24) is 4.98 Å². The third-order valence-electron chi connectivity index (χ3n) is 3.43. The summed E-state index contributed by atoms with van der Waals surface area (Å²) < 4.78 is 5.93. The predicted molar refractivity (Wildman–Crippen MR) is 81.8 cm³/mol. The number of aromatic amines is 1. The van der Waals surface area contributed by atoms with Crippen LogP contribution in [0, 0.1) is 0 Å². The van der Waals surface area contributed by atoms with Gasteiger partial charge in [-0.05, 0) is 36.2 Å². The second-order valence-corrected chi connectivity index (χ2v) is 4.80. The Labute approximate surface area is 118 Å². The van der Waals surface area contributed by atoms with Crippen LogP contribution < -0.4 is 10.5 Å². The van der Waals surface area contributed by atoms with Crippen LogP contribution in [0.2, 0.25) is 0 Å². The lowest BCUT2D eigenvalue weighted by Gasteiger charge is -2.10. The molecule has 3 nitrogen and oxygen atoms in total. The average molecular weight is 266 g/mol. The van der Waals surface area contributed by atoms with Gasteiger partial charge in [-0.25, -0.2) is 0 Å². The quantitative estimate of drug-likeness (QED) is 0.744. The van der Waals surface area contributed by atoms with Gasteiger partial charge < -0.3 is 15.5 Å². The molecule has 3 N–H and O–H groups in total. The van der Waals surface area contributed by atoms with Crippen LogP contribution in [-0.4, -0.2) is 11.5 Å². The van der Waals surface area contributed by atoms with E-state index in [-0.39, 0.29) is 0 Å². The van der Waals surface area contributed by atoms with Crippen molar-refractivity contribution in [3.05, 3.63) is 65.9 Å². The highest BCUT2D eigenvalue weighted by Gasteiger charge is 2.07. The summed E-state index contributed by atoms with van der Waals surface area (Å²) in [6, 6.07) is 16.4. The lowest BCUT2D eigenvalue weighted by Crippen LogP contribution is -2.03. The molecule has 3 aromatic rings. The molecule has 1 aromatic heterocycles. The van der Waals surface area contributed by atoms with E-state index in [0.29, 0.717) is 13.2 Å². The molecule has 0 bridgehead atoms. The number of hydrogen-bond donors (Lipinski definition) is 2. The topological polar surface area (TPSA) is 51.0 Å². The first-order valence-corrected chi connectivity index (χ1v) is 6.84. The van der Waals surface area contributed by atoms with Crippen molar-refractivity contribution in [2.75, 3.05) is 6.54 Å². The number of H-pyrrole nitrogens is 1. The Hall–Kier alpha value is -2.26. The van der Waals surface area contributed by atoms with Gasteiger partial charge in [-0.1, -0.05) is 36.4 Å². The number of ether oxygens (including phenoxy) is 1. The Bertz CT molecular complexity index is 689. The third kappa shape index (κ3) is 2.53. The van der Waals surface area contributed by atoms with Crippen molar-refractivity contribution in [1.29, 1.82) is 0 Å². The summed E-state index contributed by atoms with van der Waals surface area (Å²) in [6.07, 6.45) is 2.83. The van der Waals surface area contributed by atoms with E-state index in [2.05, 4.69) is 29.2 Å². The molecule has 0 saturated carbocycles. The summed E-state index contributed by atoms with van der Waals surface area (Å²) in [5, 5.41) is 1.20. The minimum Gasteiger partial charge on any atom is -0.487 e. The molecule has 1 heterocycles. The third-order valence-corrected chi connectivity index (χ3v) is 3.43. The zero-order valence-corrected chi connectivity index (χ0v) is 11.3. The van der Waals surface area contributed by atoms with E-state index in [0.717, 1.165) is 17.7 Å². The zero-order chi connectivity index (χ0) is 13.8. The van der Waals surface area contributed by atoms with Crippen LogP contribution in [0.1, 0.15) is 11.1 Å². The molecule has 0 aliphatic heterocycles. The molecule has 0 amide bonds. The van der Waals surface area contributed by atoms with Crippen molar-refractivity contribution in [3.63, 3.8) is 0 Å². The number of nitrogens with two attached hydrogens (primary N) is 1. The first kappa shape index (κ1) is 12.8. The van der Waals surface area contributed by atoms with Crippen LogP contribution >= 0.6 is 0 Å². The van der Waals surface area contributed by atoms with E-state index in [9.17, 15) is 0 Å². The average Bonchev–Trinajstić information content (AvgIpc) is 2.98. The largest absolute Gasteiger partial charge is 0.487 e. The van der Waals surface area contributed by atoms with Gasteiger partial charge >= 0.3 is 0 Å². The van der Waals surface area contributed by atoms with Gasteiger partial charge in [0.05, 0.1) is 5.52 Å². The normalized spacial score (nSPS) is 10.8. The molecule has 0 unspecified atom stereocenters. The van der Waals surface area contributed by atoms with Gasteiger partial charge in [0, 0.05) is 11.6 Å². The standard InChI is InChI=1S/C17H18N2O/c18-10-8-14-6-7-16(17-15(14)9-11-19-17)20-12-13-4-2-1-3-5-13/h1-7,9,11,19H,8,10,12,18H2. The summed E-state index contributed by atoms with van der Waals surface area (Å²) in [5.41, 5.74) is 9.12. The molecule has 2 aromatic carbocycles. The highest BCUT2D eigenvalue weighted by atomic mass is 16.5. The Morgan fingerprint density at radius 2 is 1.85 bits per heavy atom. The Kier molecular flexibility index (Phi) is 3.70. The molecular formula is C17H18N2O. The van der Waals surface area contributed by atoms with Crippen molar-refractivity contribution in [2.45, 2.75) is 13.0 Å². The highest BCUT2D eigenvalue weighted by Crippen LogP contribution is 2.28. The summed E-state index contributed by atoms with van der Waals surface area (Å²) in [4.78, 5) is 3.26. The highest BCUT2D eigenvalue weighted by molar-refractivity contribution is 5.88. The molecule has 0 radical (unpaired) electrons. The minimum atomic E-state index is 0.575. The summed E-state index contributed by atoms with van der Waals surface area (Å²) in [6.45, 7) is 1.23. The van der Waals surface area contributed by atoms with Crippen molar-refractivity contribution in [2.24, 2.45) is 5.73 Å². The maximum atomic E-state index is 5.93. The molecule has 0 aliphatic carbocycles. The molecule has 0 fully saturated rings. The fraction of sp³-hybridized carbons (Fsp3) is 0.176.